The van der Waals surface area contributed by atoms with Crippen molar-refractivity contribution in [3.05, 3.63) is 12.2 Å². The van der Waals surface area contributed by atoms with Crippen molar-refractivity contribution in [3.8, 4) is 0 Å². The quantitative estimate of drug-likeness (QED) is 0.615. The SMILES string of the molecule is OC1(C=CC(F)F)CCNCC1. The molecule has 0 radical (unpaired) electrons. The van der Waals surface area contributed by atoms with Crippen molar-refractivity contribution in [2.75, 3.05) is 13.1 Å². The number of halogens is 2. The van der Waals surface area contributed by atoms with E-state index in [1.54, 1.807) is 0 Å². The van der Waals surface area contributed by atoms with Crippen LogP contribution in [0.15, 0.2) is 12.2 Å². The summed E-state index contributed by atoms with van der Waals surface area (Å²) >= 11 is 0. The molecule has 1 fully saturated rings. The summed E-state index contributed by atoms with van der Waals surface area (Å²) in [6.45, 7) is 1.37. The zero-order chi connectivity index (χ0) is 9.03. The van der Waals surface area contributed by atoms with Gasteiger partial charge in [-0.2, -0.15) is 0 Å². The van der Waals surface area contributed by atoms with Crippen molar-refractivity contribution in [1.29, 1.82) is 0 Å². The van der Waals surface area contributed by atoms with Gasteiger partial charge < -0.3 is 10.4 Å². The number of nitrogens with one attached hydrogen (secondary N) is 1. The van der Waals surface area contributed by atoms with E-state index in [9.17, 15) is 13.9 Å². The molecular weight excluding hydrogens is 164 g/mol. The summed E-state index contributed by atoms with van der Waals surface area (Å²) in [7, 11) is 0. The van der Waals surface area contributed by atoms with Crippen molar-refractivity contribution in [1.82, 2.24) is 5.32 Å². The van der Waals surface area contributed by atoms with E-state index in [2.05, 4.69) is 5.32 Å². The lowest BCUT2D eigenvalue weighted by Gasteiger charge is -2.29. The third-order valence-corrected chi connectivity index (χ3v) is 2.02. The van der Waals surface area contributed by atoms with E-state index < -0.39 is 12.0 Å². The van der Waals surface area contributed by atoms with Gasteiger partial charge in [-0.05, 0) is 32.0 Å². The predicted octanol–water partition coefficient (Wildman–Crippen LogP) is 0.922. The van der Waals surface area contributed by atoms with Crippen LogP contribution < -0.4 is 5.32 Å². The molecule has 1 aliphatic rings. The number of hydrogen-bond acceptors (Lipinski definition) is 2. The van der Waals surface area contributed by atoms with Crippen LogP contribution in [0.5, 0.6) is 0 Å². The molecule has 70 valence electrons. The van der Waals surface area contributed by atoms with Crippen molar-refractivity contribution in [3.63, 3.8) is 0 Å². The fourth-order valence-corrected chi connectivity index (χ4v) is 1.28. The molecule has 0 spiro atoms. The van der Waals surface area contributed by atoms with Gasteiger partial charge in [0.25, 0.3) is 6.43 Å². The lowest BCUT2D eigenvalue weighted by molar-refractivity contribution is 0.0562. The van der Waals surface area contributed by atoms with Crippen molar-refractivity contribution in [2.24, 2.45) is 0 Å². The Bertz CT molecular complexity index is 164. The van der Waals surface area contributed by atoms with Crippen molar-refractivity contribution in [2.45, 2.75) is 24.9 Å². The minimum absolute atomic E-state index is 0.510. The van der Waals surface area contributed by atoms with Crippen LogP contribution in [0.25, 0.3) is 0 Å². The van der Waals surface area contributed by atoms with Gasteiger partial charge in [0.2, 0.25) is 0 Å². The lowest BCUT2D eigenvalue weighted by Crippen LogP contribution is -2.40. The molecule has 2 N–H and O–H groups in total. The molecule has 1 aliphatic heterocycles. The van der Waals surface area contributed by atoms with Gasteiger partial charge in [0.1, 0.15) is 0 Å². The molecule has 0 amide bonds. The van der Waals surface area contributed by atoms with Crippen LogP contribution in [0.1, 0.15) is 12.8 Å². The first-order valence-electron chi connectivity index (χ1n) is 4.03. The monoisotopic (exact) mass is 177 g/mol. The summed E-state index contributed by atoms with van der Waals surface area (Å²) < 4.78 is 23.5. The maximum absolute atomic E-state index is 11.7. The van der Waals surface area contributed by atoms with E-state index in [0.29, 0.717) is 25.9 Å². The number of hydrogen-bond donors (Lipinski definition) is 2. The minimum Gasteiger partial charge on any atom is -0.386 e. The summed E-state index contributed by atoms with van der Waals surface area (Å²) in [5.74, 6) is 0. The highest BCUT2D eigenvalue weighted by molar-refractivity contribution is 5.04. The smallest absolute Gasteiger partial charge is 0.257 e. The molecule has 1 rings (SSSR count). The van der Waals surface area contributed by atoms with Crippen LogP contribution in [0.2, 0.25) is 0 Å². The maximum Gasteiger partial charge on any atom is 0.257 e. The predicted molar refractivity (Wildman–Crippen MR) is 42.2 cm³/mol. The molecule has 0 aromatic rings. The Hall–Kier alpha value is -0.480. The second kappa shape index (κ2) is 3.96. The molecule has 2 nitrogen and oxygen atoms in total. The fourth-order valence-electron chi connectivity index (χ4n) is 1.28. The molecule has 0 atom stereocenters. The maximum atomic E-state index is 11.7. The first-order valence-corrected chi connectivity index (χ1v) is 4.03. The Morgan fingerprint density at radius 3 is 2.42 bits per heavy atom. The lowest BCUT2D eigenvalue weighted by atomic mass is 9.92. The van der Waals surface area contributed by atoms with E-state index in [4.69, 9.17) is 0 Å². The molecule has 1 saturated heterocycles. The number of rotatable bonds is 2. The van der Waals surface area contributed by atoms with E-state index in [-0.39, 0.29) is 0 Å². The summed E-state index contributed by atoms with van der Waals surface area (Å²) in [6.07, 6.45) is 0.528. The van der Waals surface area contributed by atoms with E-state index in [1.165, 1.54) is 6.08 Å². The highest BCUT2D eigenvalue weighted by Crippen LogP contribution is 2.19. The van der Waals surface area contributed by atoms with E-state index >= 15 is 0 Å². The Kier molecular flexibility index (Phi) is 3.17. The standard InChI is InChI=1S/C8H13F2NO/c9-7(10)1-2-8(12)3-5-11-6-4-8/h1-2,7,11-12H,3-6H2. The van der Waals surface area contributed by atoms with E-state index in [0.717, 1.165) is 6.08 Å². The van der Waals surface area contributed by atoms with Crippen LogP contribution in [0.3, 0.4) is 0 Å². The molecular formula is C8H13F2NO. The second-order valence-corrected chi connectivity index (χ2v) is 3.05. The third kappa shape index (κ3) is 2.87. The summed E-state index contributed by atoms with van der Waals surface area (Å²) in [5, 5.41) is 12.7. The molecule has 12 heavy (non-hydrogen) atoms. The third-order valence-electron chi connectivity index (χ3n) is 2.02. The van der Waals surface area contributed by atoms with Gasteiger partial charge in [0.15, 0.2) is 0 Å². The normalized spacial score (nSPS) is 23.7. The largest absolute Gasteiger partial charge is 0.386 e. The topological polar surface area (TPSA) is 32.3 Å². The second-order valence-electron chi connectivity index (χ2n) is 3.05. The Balaban J connectivity index is 2.46. The fraction of sp³-hybridized carbons (Fsp3) is 0.750. The molecule has 0 unspecified atom stereocenters. The van der Waals surface area contributed by atoms with E-state index in [1.807, 2.05) is 0 Å². The van der Waals surface area contributed by atoms with Crippen molar-refractivity contribution >= 4 is 0 Å². The number of allylic oxidation sites excluding steroid dienone is 1. The highest BCUT2D eigenvalue weighted by Gasteiger charge is 2.25. The molecule has 0 aromatic carbocycles. The van der Waals surface area contributed by atoms with Crippen molar-refractivity contribution < 1.29 is 13.9 Å². The first-order chi connectivity index (χ1) is 5.62. The number of alkyl halides is 2. The average Bonchev–Trinajstić information content (AvgIpc) is 2.03. The van der Waals surface area contributed by atoms with Crippen LogP contribution >= 0.6 is 0 Å². The van der Waals surface area contributed by atoms with Crippen LogP contribution in [-0.4, -0.2) is 30.2 Å². The average molecular weight is 177 g/mol. The minimum atomic E-state index is -2.47. The van der Waals surface area contributed by atoms with Crippen LogP contribution in [0.4, 0.5) is 8.78 Å². The van der Waals surface area contributed by atoms with Crippen LogP contribution in [0, 0.1) is 0 Å². The number of aliphatic hydroxyl groups is 1. The highest BCUT2D eigenvalue weighted by atomic mass is 19.3. The summed E-state index contributed by atoms with van der Waals surface area (Å²) in [4.78, 5) is 0. The van der Waals surface area contributed by atoms with Gasteiger partial charge in [-0.3, -0.25) is 0 Å². The molecule has 0 aromatic heterocycles. The summed E-state index contributed by atoms with van der Waals surface area (Å²) in [5.41, 5.74) is -1.01. The van der Waals surface area contributed by atoms with Crippen LogP contribution in [-0.2, 0) is 0 Å². The van der Waals surface area contributed by atoms with Gasteiger partial charge in [0.05, 0.1) is 5.60 Å². The van der Waals surface area contributed by atoms with Gasteiger partial charge >= 0.3 is 0 Å². The Labute approximate surface area is 70.3 Å². The Morgan fingerprint density at radius 1 is 1.33 bits per heavy atom. The van der Waals surface area contributed by atoms with Gasteiger partial charge in [-0.15, -0.1) is 0 Å². The molecule has 0 saturated carbocycles. The van der Waals surface area contributed by atoms with Gasteiger partial charge in [0, 0.05) is 0 Å². The first kappa shape index (κ1) is 9.61. The summed E-state index contributed by atoms with van der Waals surface area (Å²) in [6, 6.07) is 0. The molecule has 0 aliphatic carbocycles. The molecule has 1 heterocycles. The molecule has 4 heteroatoms. The molecule has 0 bridgehead atoms. The van der Waals surface area contributed by atoms with Gasteiger partial charge in [-0.1, -0.05) is 6.08 Å². The zero-order valence-electron chi connectivity index (χ0n) is 6.76. The zero-order valence-corrected chi connectivity index (χ0v) is 6.76. The Morgan fingerprint density at radius 2 is 1.92 bits per heavy atom. The number of piperidine rings is 1. The van der Waals surface area contributed by atoms with Gasteiger partial charge in [-0.25, -0.2) is 8.78 Å².